The number of benzene rings is 10. The second-order valence-corrected chi connectivity index (χ2v) is 26.6. The zero-order valence-corrected chi connectivity index (χ0v) is 84.5. The largest absolute Gasteiger partial charge is 0.668 e. The van der Waals surface area contributed by atoms with Gasteiger partial charge in [0.15, 0.2) is 0 Å². The Morgan fingerprint density at radius 1 is 0.245 bits per heavy atom. The van der Waals surface area contributed by atoms with Crippen LogP contribution in [0, 0.1) is 81.9 Å². The van der Waals surface area contributed by atoms with Crippen LogP contribution < -0.4 is 0 Å². The standard InChI is InChI=1S/10C6H5.5C5H11N.C3H7.C2H6N.C2H5.CH4O.CH3.5Ta/c10*1-2-4-6-5-3-1;5*1-4-5(2,3)6;2*1-3-2;2*1-2;;;;;;/h10*1-5H;5*4H2,1-3H3;1,3H2,2H3;1-2H3;1H2,2H3;2H,1H3;1H3;;;;;/q10*-1;;;;;;3*-1;;-1;;;;;. The number of hydrogen-bond acceptors (Lipinski definition) is 6. The molecule has 0 fully saturated rings. The van der Waals surface area contributed by atoms with E-state index in [1.165, 1.54) is 0 Å². The van der Waals surface area contributed by atoms with Crippen LogP contribution in [0.1, 0.15) is 156 Å². The van der Waals surface area contributed by atoms with E-state index in [-0.39, 0.29) is 35.1 Å². The predicted octanol–water partition coefficient (Wildman–Crippen LogP) is 27.1. The monoisotopic (exact) mass is 2260 g/mol. The molecule has 0 saturated carbocycles. The maximum Gasteiger partial charge on any atom is 0.0319 e. The zero-order valence-electron chi connectivity index (χ0n) is 68.4. The summed E-state index contributed by atoms with van der Waals surface area (Å²) in [5.41, 5.74) is 1.29. The van der Waals surface area contributed by atoms with Gasteiger partial charge in [0, 0.05) is 7.11 Å². The molecule has 1 N–H and O–H groups in total. The molecule has 0 aliphatic heterocycles. The maximum atomic E-state index is 7.00. The van der Waals surface area contributed by atoms with E-state index in [0.717, 1.165) is 150 Å². The zero-order chi connectivity index (χ0) is 81.4. The molecular formula is C94H130N6OTa5-14. The normalized spacial score (nSPS) is 8.66. The average Bonchev–Trinajstić information content (AvgIpc) is 1.44. The van der Waals surface area contributed by atoms with E-state index in [0.29, 0.717) is 0 Å². The van der Waals surface area contributed by atoms with Crippen LogP contribution >= 0.6 is 0 Å². The van der Waals surface area contributed by atoms with Gasteiger partial charge in [-0.05, 0) is 0 Å². The van der Waals surface area contributed by atoms with Crippen LogP contribution in [-0.2, 0) is 104 Å². The van der Waals surface area contributed by atoms with E-state index in [1.54, 1.807) is 21.0 Å². The second kappa shape index (κ2) is 104. The van der Waals surface area contributed by atoms with Crippen LogP contribution in [0.4, 0.5) is 0 Å². The molecule has 7 nitrogen and oxygen atoms in total. The first-order valence-electron chi connectivity index (χ1n) is 34.8. The van der Waals surface area contributed by atoms with E-state index in [2.05, 4.69) is 200 Å². The van der Waals surface area contributed by atoms with Crippen molar-refractivity contribution in [3.8, 4) is 0 Å². The Hall–Kier alpha value is -5.18. The molecule has 0 aliphatic rings. The molecule has 0 saturated heterocycles. The Labute approximate surface area is 714 Å². The van der Waals surface area contributed by atoms with E-state index in [9.17, 15) is 0 Å². The SMILES string of the molecule is CCC(C)(C)[N]=[Ta].CCC(C)(C)[N]=[Ta].CCC(C)(C)[N]=[Ta].CCC(C)(C)[N]=[Ta].CCC(C)(C)[N]=[Ta].CO.C[N-]C.[CH2-]C.[CH2-]CC.[CH3-].[c-]1ccccc1.[c-]1ccccc1.[c-]1ccccc1.[c-]1ccccc1.[c-]1ccccc1.[c-]1ccccc1.[c-]1ccccc1.[c-]1ccccc1.[c-]1ccccc1.[c-]1ccccc1. The molecule has 12 heteroatoms. The molecule has 0 aromatic heterocycles. The Bertz CT molecular complexity index is 2100. The van der Waals surface area contributed by atoms with Crippen LogP contribution in [0.5, 0.6) is 0 Å². The molecule has 0 unspecified atom stereocenters. The van der Waals surface area contributed by atoms with E-state index in [4.69, 9.17) is 5.11 Å². The minimum Gasteiger partial charge on any atom is -0.668 e. The number of nitrogens with zero attached hydrogens (tertiary/aromatic N) is 6. The van der Waals surface area contributed by atoms with Crippen LogP contribution in [-0.4, -0.2) is 54.0 Å². The van der Waals surface area contributed by atoms with Crippen molar-refractivity contribution in [1.29, 1.82) is 0 Å². The van der Waals surface area contributed by atoms with Gasteiger partial charge in [-0.15, -0.1) is 0 Å². The first kappa shape index (κ1) is 122. The summed E-state index contributed by atoms with van der Waals surface area (Å²) in [7, 11) is 4.50. The molecule has 0 spiro atoms. The van der Waals surface area contributed by atoms with Gasteiger partial charge in [0.05, 0.1) is 0 Å². The van der Waals surface area contributed by atoms with Crippen molar-refractivity contribution >= 4 is 0 Å². The van der Waals surface area contributed by atoms with Crippen LogP contribution in [0.25, 0.3) is 5.32 Å². The maximum absolute atomic E-state index is 7.00. The summed E-state index contributed by atoms with van der Waals surface area (Å²) in [4.78, 5) is 0. The number of aliphatic hydroxyl groups is 1. The molecule has 0 bridgehead atoms. The number of hydrogen-bond donors (Lipinski definition) is 1. The molecule has 0 heterocycles. The van der Waals surface area contributed by atoms with Crippen molar-refractivity contribution in [1.82, 2.24) is 0 Å². The smallest absolute Gasteiger partial charge is 0.0319 e. The van der Waals surface area contributed by atoms with Gasteiger partial charge in [0.2, 0.25) is 0 Å². The molecule has 0 aliphatic carbocycles. The van der Waals surface area contributed by atoms with Crippen molar-refractivity contribution in [2.24, 2.45) is 16.7 Å². The summed E-state index contributed by atoms with van der Waals surface area (Å²) < 4.78 is 21.2. The topological polar surface area (TPSA) is 96.1 Å². The van der Waals surface area contributed by atoms with Gasteiger partial charge < -0.3 is 31.7 Å². The third kappa shape index (κ3) is 131. The third-order valence-electron chi connectivity index (χ3n) is 11.8. The van der Waals surface area contributed by atoms with E-state index in [1.807, 2.05) is 310 Å². The van der Waals surface area contributed by atoms with Crippen LogP contribution in [0.2, 0.25) is 0 Å². The molecule has 0 radical (unpaired) electrons. The first-order valence-corrected chi connectivity index (χ1v) is 42.0. The molecule has 10 rings (SSSR count). The van der Waals surface area contributed by atoms with Gasteiger partial charge in [-0.1, -0.05) is 6.92 Å². The average molecular weight is 2260 g/mol. The summed E-state index contributed by atoms with van der Waals surface area (Å²) >= 11 is 5.79. The van der Waals surface area contributed by atoms with Gasteiger partial charge >= 0.3 is 285 Å². The van der Waals surface area contributed by atoms with Gasteiger partial charge in [-0.3, -0.25) is 0 Å². The summed E-state index contributed by atoms with van der Waals surface area (Å²) in [6.07, 6.45) is 6.78. The Morgan fingerprint density at radius 2 is 0.311 bits per heavy atom. The Kier molecular flexibility index (Phi) is 119. The molecule has 10 aromatic carbocycles. The minimum atomic E-state index is 0. The van der Waals surface area contributed by atoms with Crippen molar-refractivity contribution in [3.05, 3.63) is 391 Å². The van der Waals surface area contributed by atoms with E-state index < -0.39 is 0 Å². The fourth-order valence-electron chi connectivity index (χ4n) is 3.77. The van der Waals surface area contributed by atoms with Gasteiger partial charge in [-0.25, -0.2) is 0 Å². The summed E-state index contributed by atoms with van der Waals surface area (Å²) in [6.45, 7) is 42.9. The Morgan fingerprint density at radius 3 is 0.321 bits per heavy atom. The van der Waals surface area contributed by atoms with Gasteiger partial charge in [0.25, 0.3) is 0 Å². The van der Waals surface area contributed by atoms with Crippen LogP contribution in [0.3, 0.4) is 0 Å². The Balaban J connectivity index is -0.000000115. The third-order valence-corrected chi connectivity index (χ3v) is 21.5. The van der Waals surface area contributed by atoms with Crippen LogP contribution in [0.15, 0.2) is 320 Å². The fraction of sp³-hybridized carbons (Fsp3) is 0.330. The first-order chi connectivity index (χ1) is 50.4. The van der Waals surface area contributed by atoms with Crippen molar-refractivity contribution in [2.45, 2.75) is 184 Å². The van der Waals surface area contributed by atoms with Gasteiger partial charge in [0.1, 0.15) is 0 Å². The number of aliphatic hydroxyl groups excluding tert-OH is 1. The molecule has 581 valence electrons. The quantitative estimate of drug-likeness (QED) is 0.136. The molecular weight excluding hydrogens is 2130 g/mol. The summed E-state index contributed by atoms with van der Waals surface area (Å²) in [5, 5.41) is 10.5. The van der Waals surface area contributed by atoms with Gasteiger partial charge in [-0.2, -0.15) is 391 Å². The fourth-order valence-corrected chi connectivity index (χ4v) is 6.31. The molecule has 10 aromatic rings. The van der Waals surface area contributed by atoms with Crippen molar-refractivity contribution in [2.75, 3.05) is 21.2 Å². The molecule has 0 atom stereocenters. The minimum absolute atomic E-state index is 0. The van der Waals surface area contributed by atoms with E-state index >= 15 is 0 Å². The second-order valence-electron chi connectivity index (χ2n) is 23.1. The molecule has 0 amide bonds. The van der Waals surface area contributed by atoms with Crippen molar-refractivity contribution in [3.63, 3.8) is 0 Å². The number of rotatable bonds is 10. The van der Waals surface area contributed by atoms with Crippen molar-refractivity contribution < 1.29 is 110 Å². The summed E-state index contributed by atoms with van der Waals surface area (Å²) in [6, 6.07) is 125. The molecule has 106 heavy (non-hydrogen) atoms. The summed E-state index contributed by atoms with van der Waals surface area (Å²) in [5.74, 6) is 0. The predicted molar refractivity (Wildman–Crippen MR) is 443 cm³/mol.